The first kappa shape index (κ1) is 32.6. The molecule has 0 radical (unpaired) electrons. The zero-order valence-electron chi connectivity index (χ0n) is 31.7. The number of rotatable bonds is 6. The number of para-hydroxylation sites is 3. The van der Waals surface area contributed by atoms with E-state index in [4.69, 9.17) is 0 Å². The highest BCUT2D eigenvalue weighted by Gasteiger charge is 2.20. The summed E-state index contributed by atoms with van der Waals surface area (Å²) >= 11 is 0. The highest BCUT2D eigenvalue weighted by molar-refractivity contribution is 6.32. The fourth-order valence-corrected chi connectivity index (χ4v) is 9.41. The van der Waals surface area contributed by atoms with Crippen LogP contribution in [-0.2, 0) is 0 Å². The molecule has 0 atom stereocenters. The van der Waals surface area contributed by atoms with Crippen LogP contribution in [0.25, 0.3) is 92.8 Å². The van der Waals surface area contributed by atoms with Gasteiger partial charge in [-0.05, 0) is 121 Å². The minimum atomic E-state index is 1.12. The molecule has 0 saturated carbocycles. The van der Waals surface area contributed by atoms with E-state index in [1.54, 1.807) is 0 Å². The highest BCUT2D eigenvalue weighted by Crippen LogP contribution is 2.45. The summed E-state index contributed by atoms with van der Waals surface area (Å²) in [6, 6.07) is 79.8. The Morgan fingerprint density at radius 1 is 0.310 bits per heavy atom. The predicted octanol–water partition coefficient (Wildman–Crippen LogP) is 15.6. The molecule has 0 amide bonds. The lowest BCUT2D eigenvalue weighted by Gasteiger charge is -2.26. The molecule has 1 aromatic heterocycles. The lowest BCUT2D eigenvalue weighted by Crippen LogP contribution is -2.09. The van der Waals surface area contributed by atoms with Crippen LogP contribution >= 0.6 is 0 Å². The van der Waals surface area contributed by atoms with Crippen LogP contribution in [0.3, 0.4) is 0 Å². The number of benzene rings is 11. The van der Waals surface area contributed by atoms with Crippen molar-refractivity contribution >= 4 is 82.0 Å². The summed E-state index contributed by atoms with van der Waals surface area (Å²) < 4.78 is 2.45. The van der Waals surface area contributed by atoms with Gasteiger partial charge in [-0.25, -0.2) is 0 Å². The minimum Gasteiger partial charge on any atom is -0.310 e. The molecular weight excluding hydrogens is 701 g/mol. The first-order valence-electron chi connectivity index (χ1n) is 20.0. The van der Waals surface area contributed by atoms with E-state index in [-0.39, 0.29) is 0 Å². The van der Waals surface area contributed by atoms with Gasteiger partial charge < -0.3 is 9.47 Å². The van der Waals surface area contributed by atoms with Gasteiger partial charge in [0.1, 0.15) is 0 Å². The maximum Gasteiger partial charge on any atom is 0.0620 e. The summed E-state index contributed by atoms with van der Waals surface area (Å²) in [4.78, 5) is 2.33. The maximum atomic E-state index is 2.45. The number of hydrogen-bond donors (Lipinski definition) is 0. The van der Waals surface area contributed by atoms with Gasteiger partial charge in [-0.3, -0.25) is 0 Å². The van der Waals surface area contributed by atoms with Gasteiger partial charge >= 0.3 is 0 Å². The predicted molar refractivity (Wildman–Crippen MR) is 248 cm³/mol. The molecule has 270 valence electrons. The van der Waals surface area contributed by atoms with E-state index in [9.17, 15) is 0 Å². The molecule has 0 aliphatic rings. The Bertz CT molecular complexity index is 3470. The molecule has 2 nitrogen and oxygen atoms in total. The molecule has 0 spiro atoms. The number of fused-ring (bicyclic) bond motifs is 5. The molecule has 0 unspecified atom stereocenters. The number of anilines is 3. The molecule has 12 aromatic rings. The molecular formula is C56H36N2. The van der Waals surface area contributed by atoms with Crippen LogP contribution in [0.4, 0.5) is 17.1 Å². The molecule has 0 fully saturated rings. The van der Waals surface area contributed by atoms with Crippen molar-refractivity contribution in [2.45, 2.75) is 0 Å². The van der Waals surface area contributed by atoms with Gasteiger partial charge in [0.2, 0.25) is 0 Å². The van der Waals surface area contributed by atoms with Gasteiger partial charge in [-0.2, -0.15) is 0 Å². The average molecular weight is 737 g/mol. The smallest absolute Gasteiger partial charge is 0.0620 e. The number of hydrogen-bond acceptors (Lipinski definition) is 1. The van der Waals surface area contributed by atoms with Crippen molar-refractivity contribution in [1.29, 1.82) is 0 Å². The van der Waals surface area contributed by atoms with Crippen molar-refractivity contribution in [3.8, 4) is 27.9 Å². The molecule has 12 rings (SSSR count). The van der Waals surface area contributed by atoms with E-state index in [0.29, 0.717) is 0 Å². The van der Waals surface area contributed by atoms with Crippen molar-refractivity contribution in [2.24, 2.45) is 0 Å². The molecule has 0 bridgehead atoms. The Morgan fingerprint density at radius 3 is 1.69 bits per heavy atom. The zero-order valence-corrected chi connectivity index (χ0v) is 31.7. The quantitative estimate of drug-likeness (QED) is 0.154. The van der Waals surface area contributed by atoms with Gasteiger partial charge in [0.25, 0.3) is 0 Å². The Hall–Kier alpha value is -7.68. The molecule has 1 heterocycles. The number of nitrogens with zero attached hydrogens (tertiary/aromatic N) is 2. The van der Waals surface area contributed by atoms with Crippen molar-refractivity contribution in [3.63, 3.8) is 0 Å². The summed E-state index contributed by atoms with van der Waals surface area (Å²) in [5.41, 5.74) is 11.9. The van der Waals surface area contributed by atoms with E-state index in [1.165, 1.54) is 92.8 Å². The van der Waals surface area contributed by atoms with Crippen LogP contribution in [0.2, 0.25) is 0 Å². The van der Waals surface area contributed by atoms with E-state index >= 15 is 0 Å². The minimum absolute atomic E-state index is 1.12. The van der Waals surface area contributed by atoms with E-state index in [2.05, 4.69) is 228 Å². The Morgan fingerprint density at radius 2 is 0.879 bits per heavy atom. The van der Waals surface area contributed by atoms with Crippen LogP contribution in [-0.4, -0.2) is 4.57 Å². The highest BCUT2D eigenvalue weighted by atomic mass is 15.1. The lowest BCUT2D eigenvalue weighted by atomic mass is 9.88. The summed E-state index contributed by atoms with van der Waals surface area (Å²) in [6.45, 7) is 0. The SMILES string of the molecule is c1ccc(N(c2ccc(-c3ccc(-c4ccc5ccc6c7c(ccc4c57)cc4c5ccccc5n(-c5ccccc5)c46)cc3)cc2)c2ccc3ccccc3c2)cc1. The van der Waals surface area contributed by atoms with E-state index in [1.807, 2.05) is 0 Å². The molecule has 0 aliphatic carbocycles. The Kier molecular flexibility index (Phi) is 7.26. The van der Waals surface area contributed by atoms with E-state index < -0.39 is 0 Å². The van der Waals surface area contributed by atoms with Crippen LogP contribution in [0, 0.1) is 0 Å². The maximum absolute atomic E-state index is 2.45. The van der Waals surface area contributed by atoms with Crippen molar-refractivity contribution in [2.75, 3.05) is 4.90 Å². The third kappa shape index (κ3) is 5.05. The molecule has 2 heteroatoms. The first-order valence-corrected chi connectivity index (χ1v) is 20.0. The number of aromatic nitrogens is 1. The topological polar surface area (TPSA) is 8.17 Å². The Labute approximate surface area is 336 Å². The molecule has 0 aliphatic heterocycles. The van der Waals surface area contributed by atoms with Crippen LogP contribution in [0.15, 0.2) is 218 Å². The van der Waals surface area contributed by atoms with Gasteiger partial charge in [0.05, 0.1) is 11.0 Å². The molecule has 58 heavy (non-hydrogen) atoms. The zero-order chi connectivity index (χ0) is 38.2. The van der Waals surface area contributed by atoms with Crippen molar-refractivity contribution in [1.82, 2.24) is 4.57 Å². The summed E-state index contributed by atoms with van der Waals surface area (Å²) in [6.07, 6.45) is 0. The van der Waals surface area contributed by atoms with Crippen molar-refractivity contribution in [3.05, 3.63) is 218 Å². The van der Waals surface area contributed by atoms with Crippen LogP contribution in [0.1, 0.15) is 0 Å². The van der Waals surface area contributed by atoms with Gasteiger partial charge in [0.15, 0.2) is 0 Å². The van der Waals surface area contributed by atoms with Gasteiger partial charge in [0, 0.05) is 38.9 Å². The second-order valence-electron chi connectivity index (χ2n) is 15.3. The van der Waals surface area contributed by atoms with Gasteiger partial charge in [-0.15, -0.1) is 0 Å². The second-order valence-corrected chi connectivity index (χ2v) is 15.3. The summed E-state index contributed by atoms with van der Waals surface area (Å²) in [5, 5.41) is 12.8. The molecule has 0 N–H and O–H groups in total. The van der Waals surface area contributed by atoms with Crippen LogP contribution in [0.5, 0.6) is 0 Å². The average Bonchev–Trinajstić information content (AvgIpc) is 3.63. The fraction of sp³-hybridized carbons (Fsp3) is 0. The Balaban J connectivity index is 0.939. The van der Waals surface area contributed by atoms with Crippen LogP contribution < -0.4 is 4.90 Å². The summed E-state index contributed by atoms with van der Waals surface area (Å²) in [7, 11) is 0. The fourth-order valence-electron chi connectivity index (χ4n) is 9.41. The monoisotopic (exact) mass is 736 g/mol. The third-order valence-electron chi connectivity index (χ3n) is 12.1. The first-order chi connectivity index (χ1) is 28.8. The van der Waals surface area contributed by atoms with Crippen molar-refractivity contribution < 1.29 is 0 Å². The van der Waals surface area contributed by atoms with Gasteiger partial charge in [-0.1, -0.05) is 158 Å². The normalized spacial score (nSPS) is 11.8. The molecule has 0 saturated heterocycles. The molecule has 11 aromatic carbocycles. The second kappa shape index (κ2) is 12.9. The summed E-state index contributed by atoms with van der Waals surface area (Å²) in [5.74, 6) is 0. The third-order valence-corrected chi connectivity index (χ3v) is 12.1. The van der Waals surface area contributed by atoms with E-state index in [0.717, 1.165) is 17.1 Å². The standard InChI is InChI=1S/C56H36N2/c1-3-13-44(14-4-1)57(47-31-25-37-11-7-8-12-42(37)35-47)46-29-23-39(24-30-46)38-19-21-40(22-20-38)48-32-26-41-27-34-51-55-43(28-33-50(48)54(41)55)36-52-49-17-9-10-18-53(49)58(56(51)52)45-15-5-2-6-16-45/h1-36H. The largest absolute Gasteiger partial charge is 0.310 e. The lowest BCUT2D eigenvalue weighted by molar-refractivity contribution is 1.19.